The normalized spacial score (nSPS) is 10.6. The summed E-state index contributed by atoms with van der Waals surface area (Å²) >= 11 is 14.9. The number of carbonyl (C=O) groups is 2. The van der Waals surface area contributed by atoms with Gasteiger partial charge >= 0.3 is 0 Å². The molecule has 0 spiro atoms. The third-order valence-corrected chi connectivity index (χ3v) is 6.14. The number of hydrogen-bond donors (Lipinski definition) is 0. The van der Waals surface area contributed by atoms with E-state index in [4.69, 9.17) is 23.2 Å². The molecule has 0 saturated carbocycles. The van der Waals surface area contributed by atoms with Crippen molar-refractivity contribution in [3.63, 3.8) is 0 Å². The first-order chi connectivity index (χ1) is 12.0. The Morgan fingerprint density at radius 2 is 1.36 bits per heavy atom. The van der Waals surface area contributed by atoms with Crippen molar-refractivity contribution in [2.24, 2.45) is 0 Å². The van der Waals surface area contributed by atoms with E-state index in [1.54, 1.807) is 48.5 Å². The van der Waals surface area contributed by atoms with E-state index in [0.29, 0.717) is 25.5 Å². The first-order valence-electron chi connectivity index (χ1n) is 6.81. The predicted molar refractivity (Wildman–Crippen MR) is 103 cm³/mol. The van der Waals surface area contributed by atoms with Crippen molar-refractivity contribution >= 4 is 68.5 Å². The average molecular weight is 427 g/mol. The average Bonchev–Trinajstić information content (AvgIpc) is 3.02. The Labute approximate surface area is 166 Å². The molecule has 0 aliphatic heterocycles. The number of carbonyl (C=O) groups excluding carboxylic acids is 2. The first kappa shape index (κ1) is 18.4. The predicted octanol–water partition coefficient (Wildman–Crippen LogP) is 5.71. The Kier molecular flexibility index (Phi) is 6.14. The second-order valence-corrected chi connectivity index (χ2v) is 8.31. The zero-order valence-electron chi connectivity index (χ0n) is 12.3. The summed E-state index contributed by atoms with van der Waals surface area (Å²) in [6.07, 6.45) is 0. The highest BCUT2D eigenvalue weighted by molar-refractivity contribution is 8.15. The minimum Gasteiger partial charge on any atom is -0.281 e. The van der Waals surface area contributed by atoms with Crippen molar-refractivity contribution in [2.45, 2.75) is 9.50 Å². The fourth-order valence-electron chi connectivity index (χ4n) is 1.81. The van der Waals surface area contributed by atoms with Crippen LogP contribution in [0.5, 0.6) is 0 Å². The van der Waals surface area contributed by atoms with Gasteiger partial charge < -0.3 is 0 Å². The minimum absolute atomic E-state index is 0.226. The van der Waals surface area contributed by atoms with E-state index in [0.717, 1.165) is 35.1 Å². The summed E-state index contributed by atoms with van der Waals surface area (Å²) < 4.78 is 4.55. The van der Waals surface area contributed by atoms with Crippen molar-refractivity contribution in [1.82, 2.24) is 9.36 Å². The molecule has 1 aromatic heterocycles. The molecule has 0 bridgehead atoms. The second-order valence-electron chi connectivity index (χ2n) is 4.58. The minimum atomic E-state index is -0.252. The molecule has 0 atom stereocenters. The maximum absolute atomic E-state index is 12.3. The van der Waals surface area contributed by atoms with E-state index in [9.17, 15) is 9.59 Å². The first-order valence-corrected chi connectivity index (χ1v) is 9.98. The molecule has 1 heterocycles. The SMILES string of the molecule is O=C(Sc1nsc(SC(=O)c2ccccc2Cl)n1)c1ccccc1Cl. The highest BCUT2D eigenvalue weighted by Crippen LogP contribution is 2.31. The molecule has 0 amide bonds. The van der Waals surface area contributed by atoms with E-state index >= 15 is 0 Å². The van der Waals surface area contributed by atoms with Gasteiger partial charge in [0.15, 0.2) is 4.34 Å². The second kappa shape index (κ2) is 8.33. The van der Waals surface area contributed by atoms with Gasteiger partial charge in [-0.05, 0) is 59.3 Å². The lowest BCUT2D eigenvalue weighted by atomic mass is 10.2. The lowest BCUT2D eigenvalue weighted by Crippen LogP contribution is -1.95. The van der Waals surface area contributed by atoms with Crippen LogP contribution in [-0.2, 0) is 0 Å². The summed E-state index contributed by atoms with van der Waals surface area (Å²) in [6, 6.07) is 13.6. The van der Waals surface area contributed by atoms with E-state index in [-0.39, 0.29) is 15.4 Å². The zero-order chi connectivity index (χ0) is 17.8. The Balaban J connectivity index is 1.69. The summed E-state index contributed by atoms with van der Waals surface area (Å²) in [5, 5.41) is 0.559. The van der Waals surface area contributed by atoms with Crippen LogP contribution < -0.4 is 0 Å². The van der Waals surface area contributed by atoms with Crippen LogP contribution in [0.4, 0.5) is 0 Å². The van der Waals surface area contributed by atoms with Crippen molar-refractivity contribution < 1.29 is 9.59 Å². The van der Waals surface area contributed by atoms with E-state index in [1.165, 1.54) is 0 Å². The molecular weight excluding hydrogens is 419 g/mol. The number of halogens is 2. The Morgan fingerprint density at radius 3 is 1.92 bits per heavy atom. The van der Waals surface area contributed by atoms with Gasteiger partial charge in [-0.15, -0.1) is 0 Å². The lowest BCUT2D eigenvalue weighted by Gasteiger charge is -2.00. The monoisotopic (exact) mass is 426 g/mol. The van der Waals surface area contributed by atoms with Crippen LogP contribution in [0.1, 0.15) is 20.7 Å². The van der Waals surface area contributed by atoms with Crippen LogP contribution in [0, 0.1) is 0 Å². The zero-order valence-corrected chi connectivity index (χ0v) is 16.3. The van der Waals surface area contributed by atoms with Crippen LogP contribution >= 0.6 is 58.3 Å². The Bertz CT molecular complexity index is 872. The molecule has 4 nitrogen and oxygen atoms in total. The maximum atomic E-state index is 12.3. The standard InChI is InChI=1S/C16H8Cl2N2O2S3/c17-11-7-3-1-5-9(11)13(21)23-15-19-16(25-20-15)24-14(22)10-6-2-4-8-12(10)18/h1-8H. The Morgan fingerprint density at radius 1 is 0.840 bits per heavy atom. The molecule has 9 heteroatoms. The summed E-state index contributed by atoms with van der Waals surface area (Å²) in [4.78, 5) is 28.7. The van der Waals surface area contributed by atoms with Crippen LogP contribution in [0.15, 0.2) is 58.0 Å². The fourth-order valence-corrected chi connectivity index (χ4v) is 4.72. The van der Waals surface area contributed by atoms with Gasteiger partial charge in [-0.25, -0.2) is 4.98 Å². The molecule has 0 N–H and O–H groups in total. The largest absolute Gasteiger partial charge is 0.281 e. The smallest absolute Gasteiger partial charge is 0.228 e. The number of nitrogens with zero attached hydrogens (tertiary/aromatic N) is 2. The molecule has 0 aliphatic carbocycles. The van der Waals surface area contributed by atoms with Gasteiger partial charge in [-0.2, -0.15) is 4.37 Å². The Hall–Kier alpha value is -1.38. The lowest BCUT2D eigenvalue weighted by molar-refractivity contribution is 0.108. The molecule has 3 aromatic rings. The number of rotatable bonds is 4. The van der Waals surface area contributed by atoms with Crippen LogP contribution in [0.2, 0.25) is 10.0 Å². The quantitative estimate of drug-likeness (QED) is 0.497. The van der Waals surface area contributed by atoms with Crippen LogP contribution in [0.3, 0.4) is 0 Å². The van der Waals surface area contributed by atoms with Gasteiger partial charge in [0, 0.05) is 11.1 Å². The maximum Gasteiger partial charge on any atom is 0.228 e. The van der Waals surface area contributed by atoms with Crippen molar-refractivity contribution in [1.29, 1.82) is 0 Å². The number of hydrogen-bond acceptors (Lipinski definition) is 7. The summed E-state index contributed by atoms with van der Waals surface area (Å²) in [7, 11) is 0. The molecule has 126 valence electrons. The van der Waals surface area contributed by atoms with Crippen molar-refractivity contribution in [3.05, 3.63) is 69.7 Å². The molecular formula is C16H8Cl2N2O2S3. The molecule has 25 heavy (non-hydrogen) atoms. The molecule has 0 radical (unpaired) electrons. The number of benzene rings is 2. The summed E-state index contributed by atoms with van der Waals surface area (Å²) in [5.41, 5.74) is 0.802. The highest BCUT2D eigenvalue weighted by atomic mass is 35.5. The van der Waals surface area contributed by atoms with Crippen molar-refractivity contribution in [3.8, 4) is 0 Å². The topological polar surface area (TPSA) is 59.9 Å². The van der Waals surface area contributed by atoms with Gasteiger partial charge in [0.25, 0.3) is 0 Å². The summed E-state index contributed by atoms with van der Waals surface area (Å²) in [6.45, 7) is 0. The number of aromatic nitrogens is 2. The third-order valence-electron chi connectivity index (χ3n) is 2.94. The van der Waals surface area contributed by atoms with Gasteiger partial charge in [-0.3, -0.25) is 9.59 Å². The third kappa shape index (κ3) is 4.62. The van der Waals surface area contributed by atoms with Gasteiger partial charge in [0.1, 0.15) is 0 Å². The molecule has 0 aliphatic rings. The van der Waals surface area contributed by atoms with Gasteiger partial charge in [-0.1, -0.05) is 47.5 Å². The summed E-state index contributed by atoms with van der Waals surface area (Å²) in [5.74, 6) is 0. The molecule has 0 fully saturated rings. The van der Waals surface area contributed by atoms with E-state index in [1.807, 2.05) is 0 Å². The van der Waals surface area contributed by atoms with Crippen LogP contribution in [-0.4, -0.2) is 19.6 Å². The molecule has 2 aromatic carbocycles. The van der Waals surface area contributed by atoms with Gasteiger partial charge in [0.05, 0.1) is 10.0 Å². The van der Waals surface area contributed by atoms with E-state index in [2.05, 4.69) is 9.36 Å². The fraction of sp³-hybridized carbons (Fsp3) is 0. The van der Waals surface area contributed by atoms with Crippen LogP contribution in [0.25, 0.3) is 0 Å². The number of thioether (sulfide) groups is 2. The molecule has 0 unspecified atom stereocenters. The van der Waals surface area contributed by atoms with E-state index < -0.39 is 0 Å². The van der Waals surface area contributed by atoms with Gasteiger partial charge in [0.2, 0.25) is 15.4 Å². The highest BCUT2D eigenvalue weighted by Gasteiger charge is 2.18. The van der Waals surface area contributed by atoms with Crippen molar-refractivity contribution in [2.75, 3.05) is 0 Å². The molecule has 3 rings (SSSR count). The molecule has 0 saturated heterocycles.